The number of aromatic nitrogens is 5. The van der Waals surface area contributed by atoms with Crippen molar-refractivity contribution in [1.82, 2.24) is 24.9 Å². The predicted octanol–water partition coefficient (Wildman–Crippen LogP) is 29.7. The summed E-state index contributed by atoms with van der Waals surface area (Å²) in [7, 11) is 0. The fourth-order valence-electron chi connectivity index (χ4n) is 19.0. The van der Waals surface area contributed by atoms with Gasteiger partial charge in [0.25, 0.3) is 0 Å². The zero-order chi connectivity index (χ0) is 80.5. The number of nitrogens with zero attached hydrogens (tertiary/aromatic N) is 7. The zero-order valence-electron chi connectivity index (χ0n) is 66.8. The lowest BCUT2D eigenvalue weighted by atomic mass is 9.65. The number of aryl methyl sites for hydroxylation is 6. The maximum Gasteiger partial charge on any atom is 0.164 e. The van der Waals surface area contributed by atoms with Crippen LogP contribution in [0.3, 0.4) is 0 Å². The van der Waals surface area contributed by atoms with Crippen molar-refractivity contribution < 1.29 is 0 Å². The maximum absolute atomic E-state index is 5.42. The normalized spacial score (nSPS) is 13.2. The Labute approximate surface area is 715 Å². The minimum absolute atomic E-state index is 0.412. The van der Waals surface area contributed by atoms with Crippen molar-refractivity contribution in [2.24, 2.45) is 0 Å². The van der Waals surface area contributed by atoms with Crippen LogP contribution in [0.4, 0.5) is 34.3 Å². The third kappa shape index (κ3) is 11.8. The summed E-state index contributed by atoms with van der Waals surface area (Å²) in [6.07, 6.45) is 0. The van der Waals surface area contributed by atoms with E-state index in [4.69, 9.17) is 24.9 Å². The monoisotopic (exact) mass is 1610 g/mol. The van der Waals surface area contributed by atoms with Crippen LogP contribution in [0.2, 0.25) is 0 Å². The summed E-state index contributed by atoms with van der Waals surface area (Å²) in [6, 6.07) is 127. The van der Waals surface area contributed by atoms with Crippen molar-refractivity contribution in [3.8, 4) is 120 Å². The van der Waals surface area contributed by atoms with Crippen LogP contribution in [0, 0.1) is 41.5 Å². The van der Waals surface area contributed by atoms with Gasteiger partial charge in [-0.2, -0.15) is 0 Å². The Kier molecular flexibility index (Phi) is 17.7. The van der Waals surface area contributed by atoms with Crippen LogP contribution in [0.15, 0.2) is 357 Å². The van der Waals surface area contributed by atoms with Gasteiger partial charge in [0.05, 0.1) is 44.2 Å². The van der Waals surface area contributed by atoms with E-state index in [1.54, 1.807) is 0 Å². The molecule has 19 aromatic rings. The fraction of sp³-hybridized carbons (Fsp3) is 0.0734. The molecule has 8 heterocycles. The molecular weight excluding hydrogens is 1540 g/mol. The Morgan fingerprint density at radius 3 is 1.20 bits per heavy atom. The van der Waals surface area contributed by atoms with E-state index < -0.39 is 10.8 Å². The molecule has 0 unspecified atom stereocenters. The molecule has 7 nitrogen and oxygen atoms in total. The number of hydrogen-bond acceptors (Lipinski definition) is 11. The van der Waals surface area contributed by atoms with Gasteiger partial charge in [0.15, 0.2) is 23.3 Å². The molecule has 6 aromatic heterocycles. The standard InChI is InChI=1S/C62H42N4S2.C47H35N3S2/c1-39-37-55(66-53-24-14-12-22-49(53)62(50-23-13-15-25-54(50)66)51-34-35-67-57(51)58-52(62)38-56(68-58)45-20-10-5-11-21-45)40(2)36-48(39)61-64-59(46-30-26-43(27-31-46)41-16-6-3-7-17-41)63-60(65-61)47-32-28-44(29-33-47)42-18-8-4-9-19-42;1-28-12-11-14-34(24-28)40-27-43(49-46(48-40)33-22-20-32(21-23-33)35-15-6-5-13-29(35)2)50-41-18-9-7-16-36(41)47(37-17-8-10-19-42(37)50)38-25-30(3)51-44(38)45-39(47)26-31(4)52-45/h3-38H,1-2H3;5-27H,1-4H3. The molecule has 0 N–H and O–H groups in total. The van der Waals surface area contributed by atoms with E-state index in [0.29, 0.717) is 23.3 Å². The van der Waals surface area contributed by atoms with E-state index in [-0.39, 0.29) is 0 Å². The molecule has 4 aliphatic rings. The van der Waals surface area contributed by atoms with E-state index in [1.807, 2.05) is 57.5 Å². The van der Waals surface area contributed by atoms with Crippen molar-refractivity contribution in [1.29, 1.82) is 0 Å². The summed E-state index contributed by atoms with van der Waals surface area (Å²) in [5.74, 6) is 3.46. The number of benzene rings is 13. The molecule has 0 saturated carbocycles. The van der Waals surface area contributed by atoms with Crippen LogP contribution in [0.5, 0.6) is 0 Å². The zero-order valence-corrected chi connectivity index (χ0v) is 70.1. The maximum atomic E-state index is 5.42. The first-order chi connectivity index (χ1) is 58.9. The van der Waals surface area contributed by atoms with Gasteiger partial charge in [-0.15, -0.1) is 45.3 Å². The second kappa shape index (κ2) is 29.2. The van der Waals surface area contributed by atoms with Gasteiger partial charge in [0, 0.05) is 68.8 Å². The van der Waals surface area contributed by atoms with Gasteiger partial charge in [-0.05, 0) is 214 Å². The van der Waals surface area contributed by atoms with Crippen LogP contribution in [0.1, 0.15) is 76.5 Å². The smallest absolute Gasteiger partial charge is 0.164 e. The number of fused-ring (bicyclic) bond motifs is 18. The molecule has 2 spiro atoms. The second-order valence-electron chi connectivity index (χ2n) is 31.7. The van der Waals surface area contributed by atoms with Crippen LogP contribution < -0.4 is 9.80 Å². The summed E-state index contributed by atoms with van der Waals surface area (Å²) in [5.41, 5.74) is 34.3. The molecule has 0 bridgehead atoms. The quantitative estimate of drug-likeness (QED) is 0.128. The van der Waals surface area contributed by atoms with Crippen LogP contribution in [0.25, 0.3) is 120 Å². The van der Waals surface area contributed by atoms with E-state index in [1.165, 1.54) is 129 Å². The van der Waals surface area contributed by atoms with Crippen LogP contribution in [-0.2, 0) is 10.8 Å². The summed E-state index contributed by atoms with van der Waals surface area (Å²) in [5, 5.41) is 2.28. The minimum atomic E-state index is -0.461. The van der Waals surface area contributed by atoms with E-state index in [0.717, 1.165) is 78.6 Å². The summed E-state index contributed by atoms with van der Waals surface area (Å²) >= 11 is 7.63. The van der Waals surface area contributed by atoms with Gasteiger partial charge in [-0.3, -0.25) is 4.90 Å². The first-order valence-electron chi connectivity index (χ1n) is 40.7. The van der Waals surface area contributed by atoms with Gasteiger partial charge in [0.2, 0.25) is 0 Å². The van der Waals surface area contributed by atoms with Gasteiger partial charge < -0.3 is 4.90 Å². The SMILES string of the molecule is Cc1cc(N2c3ccccc3C3(c4ccccc42)c2ccsc2-c2sc(-c4ccccc4)cc23)c(C)cc1-c1nc(-c2ccc(-c3ccccc3)cc2)nc(-c2ccc(-c3ccccc3)cc2)n1.Cc1cccc(-c2cc(N3c4ccccc4C4(c5ccccc53)c3cc(C)sc3-c3sc(C)cc34)nc(-c3ccc(-c4ccccc4C)cc3)n2)c1. The topological polar surface area (TPSA) is 70.9 Å². The average molecular weight is 1610 g/mol. The number of thiophene rings is 4. The molecule has 0 amide bonds. The lowest BCUT2D eigenvalue weighted by Crippen LogP contribution is -2.36. The van der Waals surface area contributed by atoms with Gasteiger partial charge in [-0.25, -0.2) is 24.9 Å². The molecular formula is C109H77N7S4. The van der Waals surface area contributed by atoms with Gasteiger partial charge in [0.1, 0.15) is 5.82 Å². The summed E-state index contributed by atoms with van der Waals surface area (Å²) in [4.78, 5) is 40.7. The number of anilines is 6. The largest absolute Gasteiger partial charge is 0.310 e. The molecule has 572 valence electrons. The molecule has 23 rings (SSSR count). The molecule has 2 aliphatic carbocycles. The lowest BCUT2D eigenvalue weighted by molar-refractivity contribution is 0.753. The van der Waals surface area contributed by atoms with Crippen molar-refractivity contribution in [3.05, 3.63) is 434 Å². The van der Waals surface area contributed by atoms with Crippen LogP contribution in [-0.4, -0.2) is 24.9 Å². The lowest BCUT2D eigenvalue weighted by Gasteiger charge is -2.45. The molecule has 2 aliphatic heterocycles. The molecule has 0 saturated heterocycles. The Balaban J connectivity index is 0.000000149. The molecule has 0 radical (unpaired) electrons. The highest BCUT2D eigenvalue weighted by molar-refractivity contribution is 7.24. The van der Waals surface area contributed by atoms with Crippen molar-refractivity contribution in [3.63, 3.8) is 0 Å². The van der Waals surface area contributed by atoms with Gasteiger partial charge in [-0.1, -0.05) is 285 Å². The average Bonchev–Trinajstić information content (AvgIpc) is 1.49. The van der Waals surface area contributed by atoms with Crippen LogP contribution >= 0.6 is 45.3 Å². The number of rotatable bonds is 11. The minimum Gasteiger partial charge on any atom is -0.310 e. The molecule has 120 heavy (non-hydrogen) atoms. The Hall–Kier alpha value is -13.7. The van der Waals surface area contributed by atoms with Gasteiger partial charge >= 0.3 is 0 Å². The highest BCUT2D eigenvalue weighted by Crippen LogP contribution is 2.69. The summed E-state index contributed by atoms with van der Waals surface area (Å²) < 4.78 is 0. The predicted molar refractivity (Wildman–Crippen MR) is 502 cm³/mol. The molecule has 0 atom stereocenters. The first-order valence-corrected chi connectivity index (χ1v) is 44.1. The fourth-order valence-corrected chi connectivity index (χ4v) is 23.6. The number of hydrogen-bond donors (Lipinski definition) is 0. The Morgan fingerprint density at radius 1 is 0.242 bits per heavy atom. The highest BCUT2D eigenvalue weighted by Gasteiger charge is 2.55. The van der Waals surface area contributed by atoms with E-state index in [2.05, 4.69) is 396 Å². The first kappa shape index (κ1) is 72.8. The Morgan fingerprint density at radius 2 is 0.667 bits per heavy atom. The Bertz CT molecular complexity index is 7000. The highest BCUT2D eigenvalue weighted by atomic mass is 32.1. The number of para-hydroxylation sites is 4. The third-order valence-electron chi connectivity index (χ3n) is 24.4. The van der Waals surface area contributed by atoms with Crippen molar-refractivity contribution in [2.75, 3.05) is 9.80 Å². The molecule has 13 aromatic carbocycles. The summed E-state index contributed by atoms with van der Waals surface area (Å²) in [6.45, 7) is 13.2. The second-order valence-corrected chi connectivity index (χ2v) is 36.1. The van der Waals surface area contributed by atoms with E-state index in [9.17, 15) is 0 Å². The van der Waals surface area contributed by atoms with E-state index >= 15 is 0 Å². The molecule has 0 fully saturated rings. The van der Waals surface area contributed by atoms with Crippen molar-refractivity contribution >= 4 is 79.6 Å². The molecule has 11 heteroatoms. The van der Waals surface area contributed by atoms with Crippen molar-refractivity contribution in [2.45, 2.75) is 52.4 Å². The third-order valence-corrected chi connectivity index (χ3v) is 28.9.